The molecule has 0 spiro atoms. The van der Waals surface area contributed by atoms with Gasteiger partial charge in [0.15, 0.2) is 9.84 Å². The SMILES string of the molecule is COC(=O)CN1CCN[C@H]2CS(=O)(=O)C[C@@H]21. The first-order valence-electron chi connectivity index (χ1n) is 5.26. The molecule has 2 fully saturated rings. The number of carbonyl (C=O) groups is 1. The average Bonchev–Trinajstić information content (AvgIpc) is 2.53. The lowest BCUT2D eigenvalue weighted by Crippen LogP contribution is -2.58. The first-order chi connectivity index (χ1) is 7.52. The Kier molecular flexibility index (Phi) is 3.18. The van der Waals surface area contributed by atoms with Crippen LogP contribution in [0.5, 0.6) is 0 Å². The lowest BCUT2D eigenvalue weighted by atomic mass is 10.1. The van der Waals surface area contributed by atoms with E-state index in [1.54, 1.807) is 0 Å². The highest BCUT2D eigenvalue weighted by atomic mass is 32.2. The highest BCUT2D eigenvalue weighted by Crippen LogP contribution is 2.20. The topological polar surface area (TPSA) is 75.7 Å². The van der Waals surface area contributed by atoms with Gasteiger partial charge in [0.25, 0.3) is 0 Å². The molecule has 0 saturated carbocycles. The van der Waals surface area contributed by atoms with Crippen molar-refractivity contribution in [2.75, 3.05) is 38.2 Å². The number of fused-ring (bicyclic) bond motifs is 1. The van der Waals surface area contributed by atoms with Crippen molar-refractivity contribution in [1.29, 1.82) is 0 Å². The van der Waals surface area contributed by atoms with E-state index in [0.717, 1.165) is 0 Å². The lowest BCUT2D eigenvalue weighted by Gasteiger charge is -2.36. The fraction of sp³-hybridized carbons (Fsp3) is 0.889. The van der Waals surface area contributed by atoms with Gasteiger partial charge in [-0.2, -0.15) is 0 Å². The molecule has 92 valence electrons. The van der Waals surface area contributed by atoms with Crippen molar-refractivity contribution >= 4 is 15.8 Å². The van der Waals surface area contributed by atoms with Crippen molar-refractivity contribution in [1.82, 2.24) is 10.2 Å². The Morgan fingerprint density at radius 3 is 2.94 bits per heavy atom. The quantitative estimate of drug-likeness (QED) is 0.583. The standard InChI is InChI=1S/C9H16N2O4S/c1-15-9(12)4-11-3-2-10-7-5-16(13,14)6-8(7)11/h7-8,10H,2-6H2,1H3/t7-,8-/m0/s1. The number of nitrogens with one attached hydrogen (secondary N) is 1. The first kappa shape index (κ1) is 11.8. The molecule has 2 rings (SSSR count). The molecule has 7 heteroatoms. The summed E-state index contributed by atoms with van der Waals surface area (Å²) < 4.78 is 27.6. The van der Waals surface area contributed by atoms with Gasteiger partial charge in [-0.3, -0.25) is 9.69 Å². The number of rotatable bonds is 2. The minimum absolute atomic E-state index is 0.0385. The van der Waals surface area contributed by atoms with Gasteiger partial charge in [-0.05, 0) is 0 Å². The lowest BCUT2D eigenvalue weighted by molar-refractivity contribution is -0.142. The van der Waals surface area contributed by atoms with Gasteiger partial charge in [0.1, 0.15) is 0 Å². The van der Waals surface area contributed by atoms with Gasteiger partial charge in [0.05, 0.1) is 25.2 Å². The van der Waals surface area contributed by atoms with Gasteiger partial charge in [-0.15, -0.1) is 0 Å². The number of methoxy groups -OCH3 is 1. The average molecular weight is 248 g/mol. The Morgan fingerprint density at radius 2 is 2.25 bits per heavy atom. The molecule has 0 aromatic rings. The molecule has 2 aliphatic heterocycles. The molecule has 0 bridgehead atoms. The second-order valence-corrected chi connectivity index (χ2v) is 6.41. The van der Waals surface area contributed by atoms with Crippen molar-refractivity contribution in [3.8, 4) is 0 Å². The van der Waals surface area contributed by atoms with Gasteiger partial charge >= 0.3 is 5.97 Å². The van der Waals surface area contributed by atoms with E-state index in [0.29, 0.717) is 13.1 Å². The van der Waals surface area contributed by atoms with Crippen LogP contribution in [0.2, 0.25) is 0 Å². The number of esters is 1. The van der Waals surface area contributed by atoms with Crippen LogP contribution >= 0.6 is 0 Å². The number of nitrogens with zero attached hydrogens (tertiary/aromatic N) is 1. The number of ether oxygens (including phenoxy) is 1. The van der Waals surface area contributed by atoms with E-state index in [9.17, 15) is 13.2 Å². The summed E-state index contributed by atoms with van der Waals surface area (Å²) in [7, 11) is -1.62. The fourth-order valence-corrected chi connectivity index (χ4v) is 4.36. The number of carbonyl (C=O) groups excluding carboxylic acids is 1. The Bertz CT molecular complexity index is 381. The molecule has 2 heterocycles. The van der Waals surface area contributed by atoms with E-state index >= 15 is 0 Å². The van der Waals surface area contributed by atoms with E-state index < -0.39 is 9.84 Å². The Balaban J connectivity index is 2.07. The normalized spacial score (nSPS) is 33.3. The molecule has 0 radical (unpaired) electrons. The van der Waals surface area contributed by atoms with E-state index in [1.807, 2.05) is 4.90 Å². The smallest absolute Gasteiger partial charge is 0.319 e. The Labute approximate surface area is 94.9 Å². The Hall–Kier alpha value is -0.660. The molecule has 0 unspecified atom stereocenters. The predicted octanol–water partition coefficient (Wildman–Crippen LogP) is -1.77. The zero-order valence-corrected chi connectivity index (χ0v) is 10.00. The maximum atomic E-state index is 11.5. The molecule has 2 aliphatic rings. The number of hydrogen-bond donors (Lipinski definition) is 1. The monoisotopic (exact) mass is 248 g/mol. The minimum Gasteiger partial charge on any atom is -0.468 e. The zero-order chi connectivity index (χ0) is 11.8. The molecule has 0 aromatic heterocycles. The molecule has 6 nitrogen and oxygen atoms in total. The van der Waals surface area contributed by atoms with Crippen LogP contribution in [0.1, 0.15) is 0 Å². The Morgan fingerprint density at radius 1 is 1.50 bits per heavy atom. The third-order valence-electron chi connectivity index (χ3n) is 3.16. The van der Waals surface area contributed by atoms with Crippen molar-refractivity contribution < 1.29 is 17.9 Å². The maximum Gasteiger partial charge on any atom is 0.319 e. The summed E-state index contributed by atoms with van der Waals surface area (Å²) in [5.41, 5.74) is 0. The fourth-order valence-electron chi connectivity index (χ4n) is 2.37. The minimum atomic E-state index is -2.96. The van der Waals surface area contributed by atoms with Crippen molar-refractivity contribution in [2.24, 2.45) is 0 Å². The molecule has 2 atom stereocenters. The highest BCUT2D eigenvalue weighted by Gasteiger charge is 2.43. The van der Waals surface area contributed by atoms with Crippen LogP contribution < -0.4 is 5.32 Å². The second-order valence-electron chi connectivity index (χ2n) is 4.25. The highest BCUT2D eigenvalue weighted by molar-refractivity contribution is 7.91. The maximum absolute atomic E-state index is 11.5. The summed E-state index contributed by atoms with van der Waals surface area (Å²) in [6.07, 6.45) is 0. The molecule has 16 heavy (non-hydrogen) atoms. The van der Waals surface area contributed by atoms with Gasteiger partial charge in [-0.1, -0.05) is 0 Å². The van der Waals surface area contributed by atoms with Gasteiger partial charge in [0, 0.05) is 25.2 Å². The number of hydrogen-bond acceptors (Lipinski definition) is 6. The first-order valence-corrected chi connectivity index (χ1v) is 7.08. The summed E-state index contributed by atoms with van der Waals surface area (Å²) in [5, 5.41) is 3.18. The molecular weight excluding hydrogens is 232 g/mol. The van der Waals surface area contributed by atoms with Crippen LogP contribution in [-0.2, 0) is 19.4 Å². The van der Waals surface area contributed by atoms with E-state index in [4.69, 9.17) is 0 Å². The van der Waals surface area contributed by atoms with E-state index in [1.165, 1.54) is 7.11 Å². The van der Waals surface area contributed by atoms with Crippen LogP contribution in [-0.4, -0.2) is 69.6 Å². The van der Waals surface area contributed by atoms with Crippen molar-refractivity contribution in [3.05, 3.63) is 0 Å². The predicted molar refractivity (Wildman–Crippen MR) is 57.8 cm³/mol. The number of piperazine rings is 1. The third kappa shape index (κ3) is 2.36. The molecule has 0 aliphatic carbocycles. The van der Waals surface area contributed by atoms with E-state index in [2.05, 4.69) is 10.1 Å². The largest absolute Gasteiger partial charge is 0.468 e. The van der Waals surface area contributed by atoms with Crippen LogP contribution in [0, 0.1) is 0 Å². The third-order valence-corrected chi connectivity index (χ3v) is 4.87. The second kappa shape index (κ2) is 4.31. The molecule has 0 aromatic carbocycles. The molecular formula is C9H16N2O4S. The summed E-state index contributed by atoms with van der Waals surface area (Å²) in [5.74, 6) is 0.00161. The van der Waals surface area contributed by atoms with Crippen LogP contribution in [0.4, 0.5) is 0 Å². The summed E-state index contributed by atoms with van der Waals surface area (Å²) in [6.45, 7) is 1.58. The number of sulfone groups is 1. The van der Waals surface area contributed by atoms with Crippen LogP contribution in [0.15, 0.2) is 0 Å². The molecule has 0 amide bonds. The summed E-state index contributed by atoms with van der Waals surface area (Å²) in [4.78, 5) is 13.1. The van der Waals surface area contributed by atoms with Crippen molar-refractivity contribution in [3.63, 3.8) is 0 Å². The van der Waals surface area contributed by atoms with Crippen LogP contribution in [0.3, 0.4) is 0 Å². The van der Waals surface area contributed by atoms with Crippen molar-refractivity contribution in [2.45, 2.75) is 12.1 Å². The molecule has 2 saturated heterocycles. The molecule has 1 N–H and O–H groups in total. The zero-order valence-electron chi connectivity index (χ0n) is 9.18. The van der Waals surface area contributed by atoms with E-state index in [-0.39, 0.29) is 36.1 Å². The van der Waals surface area contributed by atoms with Gasteiger partial charge < -0.3 is 10.1 Å². The summed E-state index contributed by atoms with van der Waals surface area (Å²) in [6, 6.07) is -0.124. The summed E-state index contributed by atoms with van der Waals surface area (Å²) >= 11 is 0. The van der Waals surface area contributed by atoms with Crippen LogP contribution in [0.25, 0.3) is 0 Å². The van der Waals surface area contributed by atoms with Gasteiger partial charge in [0.2, 0.25) is 0 Å². The van der Waals surface area contributed by atoms with Gasteiger partial charge in [-0.25, -0.2) is 8.42 Å².